The van der Waals surface area contributed by atoms with E-state index >= 15 is 0 Å². The highest BCUT2D eigenvalue weighted by atomic mass is 16.5. The number of morpholine rings is 1. The number of aromatic amines is 1. The summed E-state index contributed by atoms with van der Waals surface area (Å²) in [5.74, 6) is 0.851. The van der Waals surface area contributed by atoms with Gasteiger partial charge in [0.1, 0.15) is 5.82 Å². The van der Waals surface area contributed by atoms with E-state index in [1.54, 1.807) is 0 Å². The predicted octanol–water partition coefficient (Wildman–Crippen LogP) is 2.48. The Bertz CT molecular complexity index is 1050. The van der Waals surface area contributed by atoms with Gasteiger partial charge in [0.15, 0.2) is 5.78 Å². The number of H-pyrrole nitrogens is 1. The number of carbonyl (C=O) groups is 1. The molecule has 29 heavy (non-hydrogen) atoms. The van der Waals surface area contributed by atoms with E-state index in [2.05, 4.69) is 10.3 Å². The molecule has 0 bridgehead atoms. The summed E-state index contributed by atoms with van der Waals surface area (Å²) < 4.78 is 5.41. The number of Topliss-reactive ketones (excluding diaryl/α,β-unsaturated/α-hetero) is 1. The quantitative estimate of drug-likeness (QED) is 0.817. The molecule has 0 amide bonds. The zero-order valence-corrected chi connectivity index (χ0v) is 16.5. The van der Waals surface area contributed by atoms with E-state index < -0.39 is 0 Å². The van der Waals surface area contributed by atoms with Crippen LogP contribution in [0.1, 0.15) is 41.9 Å². The van der Waals surface area contributed by atoms with Gasteiger partial charge in [-0.2, -0.15) is 4.98 Å². The Labute approximate surface area is 168 Å². The van der Waals surface area contributed by atoms with Crippen LogP contribution in [0.25, 0.3) is 0 Å². The number of nitrogens with zero attached hydrogens (tertiary/aromatic N) is 2. The molecule has 1 unspecified atom stereocenters. The standard InChI is InChI=1S/C22H24N4O3/c1-13-5-7-14(8-6-13)17-18-15(3-2-4-16(18)27)23-20-19(17)21(28)25-22(24-20)26-9-11-29-12-10-26/h5-8,17H,2-4,9-12H2,1H3,(H2,23,24,25,28). The van der Waals surface area contributed by atoms with E-state index in [0.717, 1.165) is 35.2 Å². The van der Waals surface area contributed by atoms with E-state index in [9.17, 15) is 9.59 Å². The highest BCUT2D eigenvalue weighted by Gasteiger charge is 2.38. The van der Waals surface area contributed by atoms with Gasteiger partial charge in [-0.25, -0.2) is 0 Å². The number of benzene rings is 1. The van der Waals surface area contributed by atoms with Crippen LogP contribution in [-0.2, 0) is 9.53 Å². The first-order valence-electron chi connectivity index (χ1n) is 10.2. The maximum atomic E-state index is 13.2. The third-order valence-corrected chi connectivity index (χ3v) is 5.97. The molecule has 3 aliphatic rings. The first-order valence-corrected chi connectivity index (χ1v) is 10.2. The van der Waals surface area contributed by atoms with Crippen LogP contribution in [-0.4, -0.2) is 42.1 Å². The average Bonchev–Trinajstić information content (AvgIpc) is 2.74. The molecule has 3 heterocycles. The minimum absolute atomic E-state index is 0.117. The number of ketones is 1. The molecule has 1 saturated heterocycles. The number of hydrogen-bond acceptors (Lipinski definition) is 6. The van der Waals surface area contributed by atoms with Crippen LogP contribution in [0.4, 0.5) is 11.8 Å². The van der Waals surface area contributed by atoms with Gasteiger partial charge in [-0.3, -0.25) is 14.6 Å². The number of nitrogens with one attached hydrogen (secondary N) is 2. The third kappa shape index (κ3) is 3.15. The summed E-state index contributed by atoms with van der Waals surface area (Å²) in [7, 11) is 0. The highest BCUT2D eigenvalue weighted by molar-refractivity contribution is 6.00. The summed E-state index contributed by atoms with van der Waals surface area (Å²) in [4.78, 5) is 35.8. The summed E-state index contributed by atoms with van der Waals surface area (Å²) in [6, 6.07) is 8.07. The molecule has 2 aromatic rings. The fourth-order valence-corrected chi connectivity index (χ4v) is 4.47. The first kappa shape index (κ1) is 18.1. The molecule has 0 saturated carbocycles. The maximum Gasteiger partial charge on any atom is 0.258 e. The van der Waals surface area contributed by atoms with Gasteiger partial charge < -0.3 is 15.0 Å². The number of aromatic nitrogens is 2. The van der Waals surface area contributed by atoms with Crippen molar-refractivity contribution in [3.05, 3.63) is 62.6 Å². The van der Waals surface area contributed by atoms with E-state index in [1.165, 1.54) is 0 Å². The lowest BCUT2D eigenvalue weighted by molar-refractivity contribution is -0.116. The van der Waals surface area contributed by atoms with Gasteiger partial charge >= 0.3 is 0 Å². The van der Waals surface area contributed by atoms with Gasteiger partial charge in [0.05, 0.1) is 18.8 Å². The van der Waals surface area contributed by atoms with Crippen LogP contribution < -0.4 is 15.8 Å². The minimum atomic E-state index is -0.385. The Morgan fingerprint density at radius 3 is 2.62 bits per heavy atom. The lowest BCUT2D eigenvalue weighted by atomic mass is 9.76. The molecular formula is C22H24N4O3. The molecule has 1 aliphatic carbocycles. The molecule has 0 spiro atoms. The largest absolute Gasteiger partial charge is 0.378 e. The smallest absolute Gasteiger partial charge is 0.258 e. The summed E-state index contributed by atoms with van der Waals surface area (Å²) in [5, 5.41) is 3.33. The predicted molar refractivity (Wildman–Crippen MR) is 110 cm³/mol. The summed E-state index contributed by atoms with van der Waals surface area (Å²) >= 11 is 0. The van der Waals surface area contributed by atoms with Gasteiger partial charge in [-0.1, -0.05) is 29.8 Å². The average molecular weight is 392 g/mol. The Morgan fingerprint density at radius 2 is 1.86 bits per heavy atom. The number of aryl methyl sites for hydroxylation is 1. The summed E-state index contributed by atoms with van der Waals surface area (Å²) in [6.07, 6.45) is 2.14. The summed E-state index contributed by atoms with van der Waals surface area (Å²) in [6.45, 7) is 4.64. The van der Waals surface area contributed by atoms with Crippen molar-refractivity contribution in [2.75, 3.05) is 36.5 Å². The second-order valence-corrected chi connectivity index (χ2v) is 7.89. The topological polar surface area (TPSA) is 87.3 Å². The van der Waals surface area contributed by atoms with Crippen LogP contribution in [0.3, 0.4) is 0 Å². The van der Waals surface area contributed by atoms with Crippen molar-refractivity contribution in [1.82, 2.24) is 9.97 Å². The Balaban J connectivity index is 1.67. The molecule has 1 aromatic carbocycles. The molecule has 7 nitrogen and oxygen atoms in total. The fourth-order valence-electron chi connectivity index (χ4n) is 4.47. The van der Waals surface area contributed by atoms with Crippen LogP contribution in [0.2, 0.25) is 0 Å². The van der Waals surface area contributed by atoms with Crippen molar-refractivity contribution in [2.45, 2.75) is 32.1 Å². The number of fused-ring (bicyclic) bond motifs is 1. The van der Waals surface area contributed by atoms with Crippen LogP contribution in [0.15, 0.2) is 40.3 Å². The van der Waals surface area contributed by atoms with Crippen LogP contribution in [0.5, 0.6) is 0 Å². The summed E-state index contributed by atoms with van der Waals surface area (Å²) in [5.41, 5.74) is 4.05. The molecule has 2 N–H and O–H groups in total. The SMILES string of the molecule is Cc1ccc(C2C3=C(CCCC3=O)Nc3nc(N4CCOCC4)[nH]c(=O)c32)cc1. The molecule has 150 valence electrons. The number of carbonyl (C=O) groups excluding carboxylic acids is 1. The van der Waals surface area contributed by atoms with E-state index in [-0.39, 0.29) is 17.3 Å². The van der Waals surface area contributed by atoms with Gasteiger partial charge in [-0.05, 0) is 25.3 Å². The van der Waals surface area contributed by atoms with E-state index in [1.807, 2.05) is 36.1 Å². The number of rotatable bonds is 2. The van der Waals surface area contributed by atoms with Crippen LogP contribution >= 0.6 is 0 Å². The lowest BCUT2D eigenvalue weighted by Gasteiger charge is -2.34. The molecular weight excluding hydrogens is 368 g/mol. The van der Waals surface area contributed by atoms with Crippen molar-refractivity contribution < 1.29 is 9.53 Å². The first-order chi connectivity index (χ1) is 14.1. The number of anilines is 2. The van der Waals surface area contributed by atoms with E-state index in [4.69, 9.17) is 9.72 Å². The van der Waals surface area contributed by atoms with Gasteiger partial charge in [0, 0.05) is 36.7 Å². The monoisotopic (exact) mass is 392 g/mol. The van der Waals surface area contributed by atoms with E-state index in [0.29, 0.717) is 50.1 Å². The van der Waals surface area contributed by atoms with Crippen molar-refractivity contribution in [2.24, 2.45) is 0 Å². The molecule has 1 atom stereocenters. The normalized spacial score (nSPS) is 21.5. The second-order valence-electron chi connectivity index (χ2n) is 7.89. The molecule has 7 heteroatoms. The fraction of sp³-hybridized carbons (Fsp3) is 0.409. The second kappa shape index (κ2) is 7.15. The lowest BCUT2D eigenvalue weighted by Crippen LogP contribution is -2.40. The van der Waals surface area contributed by atoms with Gasteiger partial charge in [-0.15, -0.1) is 0 Å². The van der Waals surface area contributed by atoms with Crippen molar-refractivity contribution in [3.8, 4) is 0 Å². The Morgan fingerprint density at radius 1 is 1.10 bits per heavy atom. The van der Waals surface area contributed by atoms with Crippen molar-refractivity contribution in [1.29, 1.82) is 0 Å². The molecule has 1 fully saturated rings. The zero-order valence-electron chi connectivity index (χ0n) is 16.5. The maximum absolute atomic E-state index is 13.2. The number of ether oxygens (including phenoxy) is 1. The minimum Gasteiger partial charge on any atom is -0.378 e. The highest BCUT2D eigenvalue weighted by Crippen LogP contribution is 2.43. The Hall–Kier alpha value is -2.93. The number of allylic oxidation sites excluding steroid dienone is 2. The van der Waals surface area contributed by atoms with Gasteiger partial charge in [0.2, 0.25) is 5.95 Å². The Kier molecular flexibility index (Phi) is 4.47. The molecule has 0 radical (unpaired) electrons. The third-order valence-electron chi connectivity index (χ3n) is 5.97. The van der Waals surface area contributed by atoms with Crippen molar-refractivity contribution >= 4 is 17.5 Å². The van der Waals surface area contributed by atoms with Gasteiger partial charge in [0.25, 0.3) is 5.56 Å². The molecule has 5 rings (SSSR count). The van der Waals surface area contributed by atoms with Crippen molar-refractivity contribution in [3.63, 3.8) is 0 Å². The van der Waals surface area contributed by atoms with Crippen LogP contribution in [0, 0.1) is 6.92 Å². The number of hydrogen-bond donors (Lipinski definition) is 2. The molecule has 2 aliphatic heterocycles. The zero-order chi connectivity index (χ0) is 20.0. The molecule has 1 aromatic heterocycles.